The molecule has 0 aliphatic heterocycles. The molecule has 0 bridgehead atoms. The van der Waals surface area contributed by atoms with E-state index in [9.17, 15) is 13.2 Å². The van der Waals surface area contributed by atoms with Gasteiger partial charge in [-0.05, 0) is 38.3 Å². The number of nitrogens with zero attached hydrogens (tertiary/aromatic N) is 4. The van der Waals surface area contributed by atoms with Crippen LogP contribution in [-0.2, 0) is 6.42 Å². The Balaban J connectivity index is 1.59. The lowest BCUT2D eigenvalue weighted by atomic mass is 9.85. The predicted molar refractivity (Wildman–Crippen MR) is 97.6 cm³/mol. The highest BCUT2D eigenvalue weighted by atomic mass is 19.4. The van der Waals surface area contributed by atoms with Crippen LogP contribution in [0.1, 0.15) is 38.4 Å². The topological polar surface area (TPSA) is 66.6 Å². The second kappa shape index (κ2) is 8.58. The zero-order valence-corrected chi connectivity index (χ0v) is 15.3. The number of fused-ring (bicyclic) bond motifs is 1. The number of nitrogens with one attached hydrogen (secondary N) is 2. The van der Waals surface area contributed by atoms with Crippen molar-refractivity contribution in [3.63, 3.8) is 0 Å². The van der Waals surface area contributed by atoms with Crippen LogP contribution < -0.4 is 10.6 Å². The third-order valence-corrected chi connectivity index (χ3v) is 4.81. The van der Waals surface area contributed by atoms with E-state index in [1.165, 1.54) is 0 Å². The van der Waals surface area contributed by atoms with E-state index in [4.69, 9.17) is 0 Å². The monoisotopic (exact) mass is 382 g/mol. The van der Waals surface area contributed by atoms with Crippen LogP contribution in [0, 0.1) is 5.92 Å². The standard InChI is InChI=1S/C18H25F3N6/c1-2-22-17(24-14-7-5-6-13(12-14)18(19,20)21)23-10-9-16-26-25-15-8-3-4-11-27(15)16/h3-4,8,11,13-14H,2,5-7,9-10,12H2,1H3,(H2,22,23,24). The molecule has 27 heavy (non-hydrogen) atoms. The quantitative estimate of drug-likeness (QED) is 0.616. The number of rotatable bonds is 5. The molecule has 1 saturated carbocycles. The fourth-order valence-electron chi connectivity index (χ4n) is 3.46. The predicted octanol–water partition coefficient (Wildman–Crippen LogP) is 2.95. The van der Waals surface area contributed by atoms with Crippen LogP contribution in [0.4, 0.5) is 13.2 Å². The van der Waals surface area contributed by atoms with Crippen molar-refractivity contribution in [2.45, 2.75) is 51.2 Å². The lowest BCUT2D eigenvalue weighted by Crippen LogP contribution is -2.46. The van der Waals surface area contributed by atoms with Crippen LogP contribution in [0.2, 0.25) is 0 Å². The van der Waals surface area contributed by atoms with Crippen molar-refractivity contribution < 1.29 is 13.2 Å². The zero-order chi connectivity index (χ0) is 19.3. The molecule has 3 rings (SSSR count). The number of halogens is 3. The van der Waals surface area contributed by atoms with Gasteiger partial charge in [0.05, 0.1) is 5.92 Å². The van der Waals surface area contributed by atoms with Gasteiger partial charge < -0.3 is 10.6 Å². The molecule has 2 N–H and O–H groups in total. The number of pyridine rings is 1. The zero-order valence-electron chi connectivity index (χ0n) is 15.3. The fourth-order valence-corrected chi connectivity index (χ4v) is 3.46. The van der Waals surface area contributed by atoms with E-state index in [1.807, 2.05) is 35.7 Å². The SMILES string of the molecule is CCNC(=NCCc1nnc2ccccn12)NC1CCCC(C(F)(F)F)C1. The van der Waals surface area contributed by atoms with Crippen LogP contribution in [0.25, 0.3) is 5.65 Å². The van der Waals surface area contributed by atoms with Gasteiger partial charge in [0.15, 0.2) is 11.6 Å². The van der Waals surface area contributed by atoms with Crippen molar-refractivity contribution in [2.75, 3.05) is 13.1 Å². The van der Waals surface area contributed by atoms with Crippen molar-refractivity contribution in [2.24, 2.45) is 10.9 Å². The summed E-state index contributed by atoms with van der Waals surface area (Å²) in [6.45, 7) is 3.05. The van der Waals surface area contributed by atoms with E-state index < -0.39 is 12.1 Å². The first-order valence-corrected chi connectivity index (χ1v) is 9.37. The summed E-state index contributed by atoms with van der Waals surface area (Å²) < 4.78 is 40.9. The molecule has 6 nitrogen and oxygen atoms in total. The summed E-state index contributed by atoms with van der Waals surface area (Å²) in [4.78, 5) is 4.51. The van der Waals surface area contributed by atoms with Gasteiger partial charge in [-0.3, -0.25) is 9.39 Å². The second-order valence-corrected chi connectivity index (χ2v) is 6.80. The molecule has 2 aromatic heterocycles. The highest BCUT2D eigenvalue weighted by Crippen LogP contribution is 2.37. The minimum Gasteiger partial charge on any atom is -0.357 e. The van der Waals surface area contributed by atoms with E-state index in [2.05, 4.69) is 25.8 Å². The normalized spacial score (nSPS) is 21.4. The van der Waals surface area contributed by atoms with E-state index >= 15 is 0 Å². The summed E-state index contributed by atoms with van der Waals surface area (Å²) in [6.07, 6.45) is -0.00382. The molecule has 1 fully saturated rings. The maximum absolute atomic E-state index is 13.0. The lowest BCUT2D eigenvalue weighted by molar-refractivity contribution is -0.183. The number of aliphatic imine (C=N–C) groups is 1. The van der Waals surface area contributed by atoms with Crippen LogP contribution in [-0.4, -0.2) is 45.9 Å². The minimum atomic E-state index is -4.12. The summed E-state index contributed by atoms with van der Waals surface area (Å²) in [5.74, 6) is 0.133. The Hall–Kier alpha value is -2.32. The molecule has 9 heteroatoms. The van der Waals surface area contributed by atoms with Gasteiger partial charge in [0, 0.05) is 31.7 Å². The molecule has 0 saturated heterocycles. The van der Waals surface area contributed by atoms with Gasteiger partial charge >= 0.3 is 6.18 Å². The van der Waals surface area contributed by atoms with Crippen LogP contribution in [0.3, 0.4) is 0 Å². The Labute approximate surface area is 156 Å². The van der Waals surface area contributed by atoms with Gasteiger partial charge in [-0.25, -0.2) is 0 Å². The molecule has 0 spiro atoms. The Morgan fingerprint density at radius 2 is 2.15 bits per heavy atom. The Bertz CT molecular complexity index is 770. The molecule has 2 heterocycles. The van der Waals surface area contributed by atoms with Crippen LogP contribution in [0.5, 0.6) is 0 Å². The van der Waals surface area contributed by atoms with Crippen molar-refractivity contribution in [1.29, 1.82) is 0 Å². The summed E-state index contributed by atoms with van der Waals surface area (Å²) in [7, 11) is 0. The lowest BCUT2D eigenvalue weighted by Gasteiger charge is -2.31. The van der Waals surface area contributed by atoms with Crippen molar-refractivity contribution in [1.82, 2.24) is 25.2 Å². The van der Waals surface area contributed by atoms with Gasteiger partial charge in [-0.15, -0.1) is 10.2 Å². The Morgan fingerprint density at radius 1 is 1.30 bits per heavy atom. The number of guanidine groups is 1. The third kappa shape index (κ3) is 5.11. The number of alkyl halides is 3. The van der Waals surface area contributed by atoms with Gasteiger partial charge in [0.25, 0.3) is 0 Å². The van der Waals surface area contributed by atoms with E-state index in [1.54, 1.807) is 0 Å². The van der Waals surface area contributed by atoms with Crippen LogP contribution in [0.15, 0.2) is 29.4 Å². The average Bonchev–Trinajstić information content (AvgIpc) is 3.05. The van der Waals surface area contributed by atoms with E-state index in [-0.39, 0.29) is 18.9 Å². The second-order valence-electron chi connectivity index (χ2n) is 6.80. The maximum atomic E-state index is 13.0. The largest absolute Gasteiger partial charge is 0.391 e. The molecule has 2 aromatic rings. The van der Waals surface area contributed by atoms with Crippen molar-refractivity contribution in [3.8, 4) is 0 Å². The minimum absolute atomic E-state index is 0.0999. The Kier molecular flexibility index (Phi) is 6.18. The molecule has 2 unspecified atom stereocenters. The molecule has 148 valence electrons. The summed E-state index contributed by atoms with van der Waals surface area (Å²) in [5, 5.41) is 14.6. The molecule has 1 aliphatic carbocycles. The highest BCUT2D eigenvalue weighted by Gasteiger charge is 2.42. The summed E-state index contributed by atoms with van der Waals surface area (Å²) in [5.41, 5.74) is 0.780. The molecule has 2 atom stereocenters. The summed E-state index contributed by atoms with van der Waals surface area (Å²) in [6, 6.07) is 5.48. The first kappa shape index (κ1) is 19.4. The first-order valence-electron chi connectivity index (χ1n) is 9.37. The molecule has 0 radical (unpaired) electrons. The molecule has 0 amide bonds. The van der Waals surface area contributed by atoms with Crippen LogP contribution >= 0.6 is 0 Å². The number of aromatic nitrogens is 3. The smallest absolute Gasteiger partial charge is 0.357 e. The van der Waals surface area contributed by atoms with Gasteiger partial charge in [-0.1, -0.05) is 12.5 Å². The molecule has 1 aliphatic rings. The molecular weight excluding hydrogens is 357 g/mol. The van der Waals surface area contributed by atoms with Crippen molar-refractivity contribution >= 4 is 11.6 Å². The van der Waals surface area contributed by atoms with Crippen molar-refractivity contribution in [3.05, 3.63) is 30.2 Å². The average molecular weight is 382 g/mol. The van der Waals surface area contributed by atoms with Gasteiger partial charge in [0.2, 0.25) is 0 Å². The van der Waals surface area contributed by atoms with E-state index in [0.29, 0.717) is 31.9 Å². The summed E-state index contributed by atoms with van der Waals surface area (Å²) >= 11 is 0. The van der Waals surface area contributed by atoms with Gasteiger partial charge in [-0.2, -0.15) is 13.2 Å². The number of hydrogen-bond donors (Lipinski definition) is 2. The number of hydrogen-bond acceptors (Lipinski definition) is 3. The molecule has 0 aromatic carbocycles. The molecular formula is C18H25F3N6. The maximum Gasteiger partial charge on any atom is 0.391 e. The first-order chi connectivity index (χ1) is 13.0. The van der Waals surface area contributed by atoms with E-state index in [0.717, 1.165) is 17.9 Å². The third-order valence-electron chi connectivity index (χ3n) is 4.81. The fraction of sp³-hybridized carbons (Fsp3) is 0.611. The highest BCUT2D eigenvalue weighted by molar-refractivity contribution is 5.80. The Morgan fingerprint density at radius 3 is 2.93 bits per heavy atom. The van der Waals surface area contributed by atoms with Gasteiger partial charge in [0.1, 0.15) is 5.82 Å².